The van der Waals surface area contributed by atoms with Crippen molar-refractivity contribution >= 4 is 0 Å². The molecule has 0 aliphatic heterocycles. The number of rotatable bonds is 8. The van der Waals surface area contributed by atoms with Crippen molar-refractivity contribution in [2.45, 2.75) is 26.3 Å². The van der Waals surface area contributed by atoms with E-state index in [2.05, 4.69) is 49.7 Å². The molecule has 0 aliphatic carbocycles. The number of allylic oxidation sites excluding steroid dienone is 2. The summed E-state index contributed by atoms with van der Waals surface area (Å²) in [6.45, 7) is 11.8. The summed E-state index contributed by atoms with van der Waals surface area (Å²) in [7, 11) is 0. The van der Waals surface area contributed by atoms with Crippen LogP contribution in [0, 0.1) is 5.41 Å². The van der Waals surface area contributed by atoms with E-state index >= 15 is 0 Å². The minimum Gasteiger partial charge on any atom is -0.312 e. The molecule has 0 atom stereocenters. The van der Waals surface area contributed by atoms with Crippen molar-refractivity contribution in [3.63, 3.8) is 0 Å². The molecule has 0 amide bonds. The average Bonchev–Trinajstić information content (AvgIpc) is 2.31. The Morgan fingerprint density at radius 2 is 1.71 bits per heavy atom. The van der Waals surface area contributed by atoms with Gasteiger partial charge in [0.2, 0.25) is 0 Å². The van der Waals surface area contributed by atoms with Crippen molar-refractivity contribution in [1.29, 1.82) is 0 Å². The highest BCUT2D eigenvalue weighted by molar-refractivity contribution is 5.14. The summed E-state index contributed by atoms with van der Waals surface area (Å²) in [5, 5.41) is 3.52. The standard InChI is InChI=1S/C16H23N/c1-4-11-16(3,12-5-2)14-17-13-15-9-7-6-8-10-15/h4-10,17H,1-2,11-14H2,3H3. The monoisotopic (exact) mass is 229 g/mol. The molecule has 0 aliphatic rings. The molecule has 0 radical (unpaired) electrons. The Balaban J connectivity index is 2.42. The number of hydrogen-bond acceptors (Lipinski definition) is 1. The fourth-order valence-electron chi connectivity index (χ4n) is 2.03. The van der Waals surface area contributed by atoms with E-state index in [0.717, 1.165) is 25.9 Å². The summed E-state index contributed by atoms with van der Waals surface area (Å²) < 4.78 is 0. The minimum absolute atomic E-state index is 0.234. The summed E-state index contributed by atoms with van der Waals surface area (Å²) in [6.07, 6.45) is 6.02. The maximum atomic E-state index is 3.83. The first-order valence-electron chi connectivity index (χ1n) is 6.16. The zero-order chi connectivity index (χ0) is 12.6. The second kappa shape index (κ2) is 7.08. The van der Waals surface area contributed by atoms with E-state index in [9.17, 15) is 0 Å². The van der Waals surface area contributed by atoms with Gasteiger partial charge in [0.25, 0.3) is 0 Å². The van der Waals surface area contributed by atoms with Crippen LogP contribution in [-0.2, 0) is 6.54 Å². The predicted octanol–water partition coefficient (Wildman–Crippen LogP) is 3.93. The topological polar surface area (TPSA) is 12.0 Å². The smallest absolute Gasteiger partial charge is 0.0205 e. The van der Waals surface area contributed by atoms with Crippen LogP contribution in [0.25, 0.3) is 0 Å². The van der Waals surface area contributed by atoms with E-state index < -0.39 is 0 Å². The Morgan fingerprint density at radius 1 is 1.12 bits per heavy atom. The molecule has 0 aromatic heterocycles. The lowest BCUT2D eigenvalue weighted by molar-refractivity contribution is 0.311. The highest BCUT2D eigenvalue weighted by atomic mass is 14.9. The summed E-state index contributed by atoms with van der Waals surface area (Å²) in [5.74, 6) is 0. The third kappa shape index (κ3) is 5.01. The van der Waals surface area contributed by atoms with E-state index in [4.69, 9.17) is 0 Å². The Labute approximate surface area is 105 Å². The first-order chi connectivity index (χ1) is 8.20. The second-order valence-electron chi connectivity index (χ2n) is 4.89. The Bertz CT molecular complexity index is 330. The molecule has 0 heterocycles. The maximum absolute atomic E-state index is 3.83. The molecule has 0 saturated carbocycles. The minimum atomic E-state index is 0.234. The van der Waals surface area contributed by atoms with Gasteiger partial charge in [0, 0.05) is 13.1 Å². The first-order valence-corrected chi connectivity index (χ1v) is 6.16. The Morgan fingerprint density at radius 3 is 2.24 bits per heavy atom. The van der Waals surface area contributed by atoms with Gasteiger partial charge in [0.05, 0.1) is 0 Å². The zero-order valence-electron chi connectivity index (χ0n) is 10.8. The third-order valence-corrected chi connectivity index (χ3v) is 3.00. The first kappa shape index (κ1) is 13.7. The molecule has 92 valence electrons. The van der Waals surface area contributed by atoms with Gasteiger partial charge in [-0.05, 0) is 23.8 Å². The highest BCUT2D eigenvalue weighted by Crippen LogP contribution is 2.25. The van der Waals surface area contributed by atoms with Gasteiger partial charge in [-0.25, -0.2) is 0 Å². The molecule has 0 fully saturated rings. The lowest BCUT2D eigenvalue weighted by Gasteiger charge is -2.27. The van der Waals surface area contributed by atoms with Crippen molar-refractivity contribution in [3.05, 3.63) is 61.2 Å². The molecule has 1 aromatic carbocycles. The van der Waals surface area contributed by atoms with E-state index in [-0.39, 0.29) is 5.41 Å². The fourth-order valence-corrected chi connectivity index (χ4v) is 2.03. The summed E-state index contributed by atoms with van der Waals surface area (Å²) in [6, 6.07) is 10.5. The quantitative estimate of drug-likeness (QED) is 0.666. The van der Waals surface area contributed by atoms with Gasteiger partial charge in [0.1, 0.15) is 0 Å². The van der Waals surface area contributed by atoms with Crippen LogP contribution >= 0.6 is 0 Å². The van der Waals surface area contributed by atoms with Crippen molar-refractivity contribution in [2.75, 3.05) is 6.54 Å². The van der Waals surface area contributed by atoms with Crippen molar-refractivity contribution in [2.24, 2.45) is 5.41 Å². The molecule has 1 rings (SSSR count). The lowest BCUT2D eigenvalue weighted by atomic mass is 9.83. The van der Waals surface area contributed by atoms with E-state index in [1.54, 1.807) is 0 Å². The van der Waals surface area contributed by atoms with Crippen LogP contribution in [-0.4, -0.2) is 6.54 Å². The fraction of sp³-hybridized carbons (Fsp3) is 0.375. The molecule has 1 aromatic rings. The number of hydrogen-bond donors (Lipinski definition) is 1. The van der Waals surface area contributed by atoms with Gasteiger partial charge in [-0.3, -0.25) is 0 Å². The van der Waals surface area contributed by atoms with Crippen LogP contribution in [0.4, 0.5) is 0 Å². The van der Waals surface area contributed by atoms with Gasteiger partial charge in [0.15, 0.2) is 0 Å². The molecule has 0 bridgehead atoms. The molecule has 17 heavy (non-hydrogen) atoms. The predicted molar refractivity (Wildman–Crippen MR) is 75.9 cm³/mol. The summed E-state index contributed by atoms with van der Waals surface area (Å²) in [5.41, 5.74) is 1.56. The highest BCUT2D eigenvalue weighted by Gasteiger charge is 2.20. The largest absolute Gasteiger partial charge is 0.312 e. The van der Waals surface area contributed by atoms with Gasteiger partial charge in [-0.1, -0.05) is 49.4 Å². The van der Waals surface area contributed by atoms with Crippen molar-refractivity contribution in [1.82, 2.24) is 5.32 Å². The zero-order valence-corrected chi connectivity index (χ0v) is 10.8. The average molecular weight is 229 g/mol. The normalized spacial score (nSPS) is 11.1. The molecular formula is C16H23N. The van der Waals surface area contributed by atoms with Crippen LogP contribution < -0.4 is 5.32 Å². The third-order valence-electron chi connectivity index (χ3n) is 3.00. The summed E-state index contributed by atoms with van der Waals surface area (Å²) >= 11 is 0. The Kier molecular flexibility index (Phi) is 5.71. The van der Waals surface area contributed by atoms with Crippen LogP contribution in [0.15, 0.2) is 55.6 Å². The number of nitrogens with one attached hydrogen (secondary N) is 1. The maximum Gasteiger partial charge on any atom is 0.0205 e. The molecule has 1 nitrogen and oxygen atoms in total. The Hall–Kier alpha value is -1.34. The van der Waals surface area contributed by atoms with Crippen molar-refractivity contribution < 1.29 is 0 Å². The molecule has 0 unspecified atom stereocenters. The molecule has 1 N–H and O–H groups in total. The SMILES string of the molecule is C=CCC(C)(CC=C)CNCc1ccccc1. The molecule has 0 spiro atoms. The molecule has 0 saturated heterocycles. The van der Waals surface area contributed by atoms with E-state index in [0.29, 0.717) is 0 Å². The van der Waals surface area contributed by atoms with Gasteiger partial charge in [-0.15, -0.1) is 13.2 Å². The molecular weight excluding hydrogens is 206 g/mol. The van der Waals surface area contributed by atoms with Gasteiger partial charge in [-0.2, -0.15) is 0 Å². The van der Waals surface area contributed by atoms with E-state index in [1.165, 1.54) is 5.56 Å². The van der Waals surface area contributed by atoms with Crippen LogP contribution in [0.3, 0.4) is 0 Å². The van der Waals surface area contributed by atoms with Gasteiger partial charge < -0.3 is 5.32 Å². The van der Waals surface area contributed by atoms with Gasteiger partial charge >= 0.3 is 0 Å². The summed E-state index contributed by atoms with van der Waals surface area (Å²) in [4.78, 5) is 0. The van der Waals surface area contributed by atoms with E-state index in [1.807, 2.05) is 18.2 Å². The second-order valence-corrected chi connectivity index (χ2v) is 4.89. The van der Waals surface area contributed by atoms with Crippen LogP contribution in [0.2, 0.25) is 0 Å². The van der Waals surface area contributed by atoms with Crippen LogP contribution in [0.5, 0.6) is 0 Å². The van der Waals surface area contributed by atoms with Crippen LogP contribution in [0.1, 0.15) is 25.3 Å². The lowest BCUT2D eigenvalue weighted by Crippen LogP contribution is -2.30. The molecule has 1 heteroatoms. The van der Waals surface area contributed by atoms with Crippen molar-refractivity contribution in [3.8, 4) is 0 Å². The number of benzene rings is 1.